The second-order valence-corrected chi connectivity index (χ2v) is 10.4. The molecule has 3 saturated heterocycles. The number of nitrogens with zero attached hydrogens (tertiary/aromatic N) is 4. The van der Waals surface area contributed by atoms with Gasteiger partial charge in [-0.1, -0.05) is 17.7 Å². The molecule has 0 N–H and O–H groups in total. The number of carbonyl (C=O) groups excluding carboxylic acids is 2. The van der Waals surface area contributed by atoms with E-state index < -0.39 is 24.5 Å². The molecule has 0 bridgehead atoms. The van der Waals surface area contributed by atoms with Crippen molar-refractivity contribution in [2.45, 2.75) is 38.3 Å². The molecule has 3 heterocycles. The van der Waals surface area contributed by atoms with Crippen molar-refractivity contribution in [1.82, 2.24) is 14.7 Å². The average Bonchev–Trinajstić information content (AvgIpc) is 3.22. The molecule has 0 radical (unpaired) electrons. The molecule has 4 rings (SSSR count). The summed E-state index contributed by atoms with van der Waals surface area (Å²) in [6.07, 6.45) is -16.4. The van der Waals surface area contributed by atoms with Crippen molar-refractivity contribution in [2.24, 2.45) is 5.41 Å². The van der Waals surface area contributed by atoms with Crippen molar-refractivity contribution in [3.05, 3.63) is 28.8 Å². The van der Waals surface area contributed by atoms with Crippen molar-refractivity contribution >= 4 is 29.3 Å². The van der Waals surface area contributed by atoms with E-state index in [1.807, 2.05) is 21.9 Å². The van der Waals surface area contributed by atoms with Crippen LogP contribution in [0, 0.1) is 5.41 Å². The normalized spacial score (nSPS) is 20.5. The van der Waals surface area contributed by atoms with Crippen LogP contribution in [0.15, 0.2) is 18.2 Å². The fourth-order valence-electron chi connectivity index (χ4n) is 5.17. The van der Waals surface area contributed by atoms with Crippen LogP contribution in [0.3, 0.4) is 0 Å². The third-order valence-corrected chi connectivity index (χ3v) is 7.40. The third-order valence-electron chi connectivity index (χ3n) is 7.16. The molecule has 1 aromatic carbocycles. The third kappa shape index (κ3) is 6.19. The van der Waals surface area contributed by atoms with Gasteiger partial charge in [0.05, 0.1) is 0 Å². The number of ether oxygens (including phenoxy) is 1. The van der Waals surface area contributed by atoms with Crippen LogP contribution in [0.25, 0.3) is 0 Å². The van der Waals surface area contributed by atoms with Crippen LogP contribution in [0.2, 0.25) is 5.02 Å². The molecule has 3 aliphatic heterocycles. The maximum Gasteiger partial charge on any atom is 0.434 e. The van der Waals surface area contributed by atoms with Gasteiger partial charge in [0.2, 0.25) is 5.91 Å². The summed E-state index contributed by atoms with van der Waals surface area (Å²) < 4.78 is 80.1. The monoisotopic (exact) mass is 556 g/mol. The Bertz CT molecular complexity index is 1010. The van der Waals surface area contributed by atoms with E-state index in [0.717, 1.165) is 48.8 Å². The molecule has 0 aromatic heterocycles. The summed E-state index contributed by atoms with van der Waals surface area (Å²) in [4.78, 5) is 30.5. The van der Waals surface area contributed by atoms with Crippen LogP contribution in [0.4, 0.5) is 36.8 Å². The van der Waals surface area contributed by atoms with Gasteiger partial charge in [-0.15, -0.1) is 0 Å². The molecule has 1 aromatic rings. The quantitative estimate of drug-likeness (QED) is 0.522. The van der Waals surface area contributed by atoms with Crippen molar-refractivity contribution in [2.75, 3.05) is 57.3 Å². The maximum atomic E-state index is 12.7. The lowest BCUT2D eigenvalue weighted by molar-refractivity contribution is -0.308. The van der Waals surface area contributed by atoms with Gasteiger partial charge in [0.25, 0.3) is 6.10 Å². The number of likely N-dealkylation sites (tertiary alicyclic amines) is 1. The SMILES string of the molecule is CC(=O)N1CC2(CCN(c3cc(Cl)ccc3CN3CCN(C(=O)OC(C(F)(F)F)C(F)(F)F)CC3)C2)C1. The molecule has 7 nitrogen and oxygen atoms in total. The van der Waals surface area contributed by atoms with E-state index in [1.165, 1.54) is 0 Å². The number of alkyl halides is 6. The number of benzene rings is 1. The number of rotatable bonds is 4. The number of hydrogen-bond acceptors (Lipinski definition) is 5. The Kier molecular flexibility index (Phi) is 7.50. The highest BCUT2D eigenvalue weighted by Crippen LogP contribution is 2.42. The molecule has 0 saturated carbocycles. The molecule has 0 aliphatic carbocycles. The van der Waals surface area contributed by atoms with E-state index in [9.17, 15) is 35.9 Å². The van der Waals surface area contributed by atoms with Gasteiger partial charge in [-0.3, -0.25) is 9.69 Å². The van der Waals surface area contributed by atoms with Crippen LogP contribution in [0.1, 0.15) is 18.9 Å². The van der Waals surface area contributed by atoms with Crippen LogP contribution >= 0.6 is 11.6 Å². The molecular formula is C23H27ClF6N4O3. The zero-order valence-corrected chi connectivity index (χ0v) is 20.8. The molecule has 3 fully saturated rings. The van der Waals surface area contributed by atoms with Gasteiger partial charge in [0, 0.05) is 82.0 Å². The molecule has 37 heavy (non-hydrogen) atoms. The smallest absolute Gasteiger partial charge is 0.426 e. The Morgan fingerprint density at radius 3 is 2.16 bits per heavy atom. The van der Waals surface area contributed by atoms with Gasteiger partial charge >= 0.3 is 18.4 Å². The number of amides is 2. The standard InChI is InChI=1S/C23H27ClF6N4O3/c1-15(35)34-13-21(14-34)4-5-33(12-21)18-10-17(24)3-2-16(18)11-31-6-8-32(9-7-31)20(36)37-19(22(25,26)27)23(28,29)30/h2-3,10,19H,4-9,11-14H2,1H3. The Morgan fingerprint density at radius 1 is 0.973 bits per heavy atom. The summed E-state index contributed by atoms with van der Waals surface area (Å²) in [5.41, 5.74) is 1.97. The summed E-state index contributed by atoms with van der Waals surface area (Å²) in [7, 11) is 0. The molecule has 206 valence electrons. The highest BCUT2D eigenvalue weighted by Gasteiger charge is 2.60. The largest absolute Gasteiger partial charge is 0.434 e. The second-order valence-electron chi connectivity index (χ2n) is 9.93. The van der Waals surface area contributed by atoms with Gasteiger partial charge < -0.3 is 19.4 Å². The van der Waals surface area contributed by atoms with Gasteiger partial charge in [0.15, 0.2) is 0 Å². The average molecular weight is 557 g/mol. The summed E-state index contributed by atoms with van der Waals surface area (Å²) in [5, 5.41) is 0.565. The number of anilines is 1. The molecule has 3 aliphatic rings. The first kappa shape index (κ1) is 27.6. The number of carbonyl (C=O) groups is 2. The van der Waals surface area contributed by atoms with E-state index >= 15 is 0 Å². The minimum absolute atomic E-state index is 0.0575. The van der Waals surface area contributed by atoms with E-state index in [-0.39, 0.29) is 37.5 Å². The lowest BCUT2D eigenvalue weighted by atomic mass is 9.79. The lowest BCUT2D eigenvalue weighted by Gasteiger charge is -2.47. The van der Waals surface area contributed by atoms with Gasteiger partial charge in [-0.05, 0) is 24.1 Å². The summed E-state index contributed by atoms with van der Waals surface area (Å²) in [6.45, 7) is 5.39. The molecule has 0 unspecified atom stereocenters. The van der Waals surface area contributed by atoms with Crippen LogP contribution in [0.5, 0.6) is 0 Å². The van der Waals surface area contributed by atoms with Crippen LogP contribution < -0.4 is 4.90 Å². The van der Waals surface area contributed by atoms with E-state index in [4.69, 9.17) is 11.6 Å². The Balaban J connectivity index is 1.35. The van der Waals surface area contributed by atoms with E-state index in [1.54, 1.807) is 13.0 Å². The zero-order valence-electron chi connectivity index (χ0n) is 20.0. The fraction of sp³-hybridized carbons (Fsp3) is 0.652. The molecule has 14 heteroatoms. The van der Waals surface area contributed by atoms with Crippen LogP contribution in [-0.4, -0.2) is 97.5 Å². The maximum absolute atomic E-state index is 12.7. The number of piperazine rings is 1. The van der Waals surface area contributed by atoms with Gasteiger partial charge in [0.1, 0.15) is 0 Å². The topological polar surface area (TPSA) is 56.3 Å². The zero-order chi connectivity index (χ0) is 27.2. The van der Waals surface area contributed by atoms with Crippen molar-refractivity contribution in [3.8, 4) is 0 Å². The Morgan fingerprint density at radius 2 is 1.59 bits per heavy atom. The first-order valence-electron chi connectivity index (χ1n) is 11.8. The number of hydrogen-bond donors (Lipinski definition) is 0. The van der Waals surface area contributed by atoms with Gasteiger partial charge in [-0.2, -0.15) is 26.3 Å². The summed E-state index contributed by atoms with van der Waals surface area (Å²) in [6, 6.07) is 5.53. The lowest BCUT2D eigenvalue weighted by Crippen LogP contribution is -2.59. The predicted octanol–water partition coefficient (Wildman–Crippen LogP) is 4.15. The van der Waals surface area contributed by atoms with Crippen molar-refractivity contribution in [3.63, 3.8) is 0 Å². The Labute approximate surface area is 214 Å². The molecule has 2 amide bonds. The first-order valence-corrected chi connectivity index (χ1v) is 12.1. The van der Waals surface area contributed by atoms with Crippen molar-refractivity contribution in [1.29, 1.82) is 0 Å². The van der Waals surface area contributed by atoms with Gasteiger partial charge in [-0.25, -0.2) is 4.79 Å². The van der Waals surface area contributed by atoms with Crippen molar-refractivity contribution < 1.29 is 40.7 Å². The van der Waals surface area contributed by atoms with E-state index in [0.29, 0.717) is 11.6 Å². The van der Waals surface area contributed by atoms with Crippen LogP contribution in [-0.2, 0) is 16.1 Å². The predicted molar refractivity (Wildman–Crippen MR) is 122 cm³/mol. The summed E-state index contributed by atoms with van der Waals surface area (Å²) >= 11 is 6.27. The second kappa shape index (κ2) is 10.0. The highest BCUT2D eigenvalue weighted by molar-refractivity contribution is 6.30. The molecule has 0 atom stereocenters. The number of halogens is 7. The molecular weight excluding hydrogens is 530 g/mol. The minimum atomic E-state index is -5.75. The van der Waals surface area contributed by atoms with E-state index in [2.05, 4.69) is 9.64 Å². The highest BCUT2D eigenvalue weighted by atomic mass is 35.5. The first-order chi connectivity index (χ1) is 17.2. The summed E-state index contributed by atoms with van der Waals surface area (Å²) in [5.74, 6) is 0.0582. The molecule has 1 spiro atoms. The minimum Gasteiger partial charge on any atom is -0.426 e. The fourth-order valence-corrected chi connectivity index (χ4v) is 5.34. The Hall–Kier alpha value is -2.41.